The van der Waals surface area contributed by atoms with E-state index in [2.05, 4.69) is 4.98 Å². The largest absolute Gasteiger partial charge is 0.371 e. The molecular weight excluding hydrogens is 452 g/mol. The predicted molar refractivity (Wildman–Crippen MR) is 126 cm³/mol. The Kier molecular flexibility index (Phi) is 6.68. The molecular formula is C26H28N2O7. The minimum Gasteiger partial charge on any atom is -0.371 e. The van der Waals surface area contributed by atoms with E-state index in [1.54, 1.807) is 6.92 Å². The second-order valence-corrected chi connectivity index (χ2v) is 8.72. The summed E-state index contributed by atoms with van der Waals surface area (Å²) in [7, 11) is 1.52. The first-order valence-corrected chi connectivity index (χ1v) is 11.5. The van der Waals surface area contributed by atoms with Crippen molar-refractivity contribution in [2.75, 3.05) is 13.7 Å². The minimum atomic E-state index is -1.32. The maximum atomic E-state index is 12.7. The Morgan fingerprint density at radius 3 is 2.34 bits per heavy atom. The third kappa shape index (κ3) is 4.49. The van der Waals surface area contributed by atoms with Crippen LogP contribution in [0.2, 0.25) is 0 Å². The van der Waals surface area contributed by atoms with Gasteiger partial charge >= 0.3 is 5.69 Å². The summed E-state index contributed by atoms with van der Waals surface area (Å²) in [6.45, 7) is 2.47. The van der Waals surface area contributed by atoms with Crippen LogP contribution in [0.15, 0.2) is 76.4 Å². The number of benzene rings is 2. The van der Waals surface area contributed by atoms with Gasteiger partial charge in [-0.2, -0.15) is 0 Å². The van der Waals surface area contributed by atoms with Crippen molar-refractivity contribution >= 4 is 0 Å². The molecule has 3 aromatic rings. The maximum absolute atomic E-state index is 12.7. The Morgan fingerprint density at radius 2 is 1.69 bits per heavy atom. The molecule has 3 heterocycles. The molecule has 0 saturated carbocycles. The first-order valence-electron chi connectivity index (χ1n) is 11.5. The SMILES string of the molecule is CO[C@H]1[C@H](n2cc(C)c(=O)[nH]c2=O)O[C@@H]2[C@@H](OCc3ccccc3)CO[C@@]21OCc1ccccc1. The number of methoxy groups -OCH3 is 1. The number of nitrogens with one attached hydrogen (secondary N) is 1. The summed E-state index contributed by atoms with van der Waals surface area (Å²) in [5, 5.41) is 0. The first-order chi connectivity index (χ1) is 17.0. The molecule has 2 aromatic carbocycles. The number of ether oxygens (including phenoxy) is 5. The van der Waals surface area contributed by atoms with Crippen molar-refractivity contribution in [2.24, 2.45) is 0 Å². The Hall–Kier alpha value is -3.08. The highest BCUT2D eigenvalue weighted by Gasteiger charge is 2.67. The van der Waals surface area contributed by atoms with E-state index < -0.39 is 41.6 Å². The normalized spacial score (nSPS) is 27.7. The van der Waals surface area contributed by atoms with Crippen LogP contribution in [0.5, 0.6) is 0 Å². The molecule has 9 nitrogen and oxygen atoms in total. The molecule has 184 valence electrons. The average molecular weight is 481 g/mol. The van der Waals surface area contributed by atoms with Crippen LogP contribution in [-0.2, 0) is 36.9 Å². The number of hydrogen-bond donors (Lipinski definition) is 1. The predicted octanol–water partition coefficient (Wildman–Crippen LogP) is 2.29. The van der Waals surface area contributed by atoms with E-state index in [4.69, 9.17) is 23.7 Å². The smallest absolute Gasteiger partial charge is 0.330 e. The molecule has 0 unspecified atom stereocenters. The topological polar surface area (TPSA) is 101 Å². The molecule has 2 aliphatic rings. The van der Waals surface area contributed by atoms with Gasteiger partial charge in [0.25, 0.3) is 5.56 Å². The van der Waals surface area contributed by atoms with E-state index in [9.17, 15) is 9.59 Å². The number of aryl methyl sites for hydroxylation is 1. The van der Waals surface area contributed by atoms with Gasteiger partial charge in [0.2, 0.25) is 5.79 Å². The monoisotopic (exact) mass is 480 g/mol. The van der Waals surface area contributed by atoms with Crippen molar-refractivity contribution < 1.29 is 23.7 Å². The zero-order valence-electron chi connectivity index (χ0n) is 19.6. The lowest BCUT2D eigenvalue weighted by Crippen LogP contribution is -2.51. The van der Waals surface area contributed by atoms with Gasteiger partial charge in [-0.05, 0) is 18.1 Å². The summed E-state index contributed by atoms with van der Waals surface area (Å²) < 4.78 is 32.4. The van der Waals surface area contributed by atoms with E-state index in [-0.39, 0.29) is 13.2 Å². The zero-order chi connectivity index (χ0) is 24.4. The van der Waals surface area contributed by atoms with Gasteiger partial charge in [0, 0.05) is 18.9 Å². The van der Waals surface area contributed by atoms with Crippen LogP contribution < -0.4 is 11.2 Å². The van der Waals surface area contributed by atoms with Gasteiger partial charge in [0.05, 0.1) is 19.8 Å². The van der Waals surface area contributed by atoms with Crippen LogP contribution in [0.1, 0.15) is 22.9 Å². The van der Waals surface area contributed by atoms with Crippen LogP contribution in [0.25, 0.3) is 0 Å². The molecule has 9 heteroatoms. The van der Waals surface area contributed by atoms with Crippen LogP contribution in [0.4, 0.5) is 0 Å². The van der Waals surface area contributed by atoms with E-state index >= 15 is 0 Å². The number of H-pyrrole nitrogens is 1. The van der Waals surface area contributed by atoms with Gasteiger partial charge in [-0.25, -0.2) is 4.79 Å². The van der Waals surface area contributed by atoms with E-state index in [0.717, 1.165) is 11.1 Å². The molecule has 0 amide bonds. The van der Waals surface area contributed by atoms with Crippen molar-refractivity contribution in [3.05, 3.63) is 104 Å². The number of hydrogen-bond acceptors (Lipinski definition) is 7. The first kappa shape index (κ1) is 23.7. The molecule has 2 saturated heterocycles. The Bertz CT molecular complexity index is 1260. The summed E-state index contributed by atoms with van der Waals surface area (Å²) >= 11 is 0. The van der Waals surface area contributed by atoms with Gasteiger partial charge < -0.3 is 23.7 Å². The van der Waals surface area contributed by atoms with E-state index in [1.165, 1.54) is 17.9 Å². The van der Waals surface area contributed by atoms with Crippen molar-refractivity contribution in [2.45, 2.75) is 50.5 Å². The van der Waals surface area contributed by atoms with E-state index in [0.29, 0.717) is 12.2 Å². The highest BCUT2D eigenvalue weighted by molar-refractivity contribution is 5.16. The second-order valence-electron chi connectivity index (χ2n) is 8.72. The number of aromatic amines is 1. The number of fused-ring (bicyclic) bond motifs is 1. The Labute approximate surface area is 202 Å². The Balaban J connectivity index is 1.47. The lowest BCUT2D eigenvalue weighted by atomic mass is 10.0. The highest BCUT2D eigenvalue weighted by atomic mass is 16.8. The Morgan fingerprint density at radius 1 is 1.03 bits per heavy atom. The second kappa shape index (κ2) is 9.88. The van der Waals surface area contributed by atoms with Crippen LogP contribution >= 0.6 is 0 Å². The molecule has 2 aliphatic heterocycles. The molecule has 5 rings (SSSR count). The standard InChI is InChI=1S/C26H28N2O7/c1-17-13-28(25(30)27-23(17)29)24-22(31-2)26(33-15-19-11-7-4-8-12-19)21(35-24)20(16-34-26)32-14-18-9-5-3-6-10-18/h3-13,20-22,24H,14-16H2,1-2H3,(H,27,29,30)/t20-,21+,22-,24+,26-/m0/s1. The summed E-state index contributed by atoms with van der Waals surface area (Å²) in [4.78, 5) is 27.0. The minimum absolute atomic E-state index is 0.235. The molecule has 5 atom stereocenters. The van der Waals surface area contributed by atoms with Gasteiger partial charge in [0.15, 0.2) is 12.3 Å². The summed E-state index contributed by atoms with van der Waals surface area (Å²) in [5.74, 6) is -1.32. The molecule has 0 aliphatic carbocycles. The quantitative estimate of drug-likeness (QED) is 0.528. The fraction of sp³-hybridized carbons (Fsp3) is 0.385. The lowest BCUT2D eigenvalue weighted by molar-refractivity contribution is -0.269. The van der Waals surface area contributed by atoms with Gasteiger partial charge in [-0.15, -0.1) is 0 Å². The third-order valence-corrected chi connectivity index (χ3v) is 6.44. The van der Waals surface area contributed by atoms with Crippen LogP contribution in [0, 0.1) is 6.92 Å². The van der Waals surface area contributed by atoms with Crippen molar-refractivity contribution in [1.82, 2.24) is 9.55 Å². The molecule has 2 fully saturated rings. The van der Waals surface area contributed by atoms with Crippen LogP contribution in [-0.4, -0.2) is 47.4 Å². The molecule has 0 bridgehead atoms. The average Bonchev–Trinajstić information content (AvgIpc) is 3.38. The van der Waals surface area contributed by atoms with Crippen LogP contribution in [0.3, 0.4) is 0 Å². The maximum Gasteiger partial charge on any atom is 0.330 e. The number of rotatable bonds is 8. The molecule has 1 N–H and O–H groups in total. The lowest BCUT2D eigenvalue weighted by Gasteiger charge is -2.33. The fourth-order valence-corrected chi connectivity index (χ4v) is 4.64. The third-order valence-electron chi connectivity index (χ3n) is 6.44. The molecule has 0 spiro atoms. The summed E-state index contributed by atoms with van der Waals surface area (Å²) in [6.07, 6.45) is -1.38. The molecule has 35 heavy (non-hydrogen) atoms. The summed E-state index contributed by atoms with van der Waals surface area (Å²) in [5.41, 5.74) is 1.28. The van der Waals surface area contributed by atoms with Gasteiger partial charge in [-0.3, -0.25) is 14.3 Å². The van der Waals surface area contributed by atoms with Gasteiger partial charge in [-0.1, -0.05) is 60.7 Å². The fourth-order valence-electron chi connectivity index (χ4n) is 4.64. The highest BCUT2D eigenvalue weighted by Crippen LogP contribution is 2.48. The van der Waals surface area contributed by atoms with Crippen molar-refractivity contribution in [3.8, 4) is 0 Å². The van der Waals surface area contributed by atoms with Crippen molar-refractivity contribution in [1.29, 1.82) is 0 Å². The number of aromatic nitrogens is 2. The zero-order valence-corrected chi connectivity index (χ0v) is 19.6. The molecule has 0 radical (unpaired) electrons. The number of nitrogens with zero attached hydrogens (tertiary/aromatic N) is 1. The van der Waals surface area contributed by atoms with Gasteiger partial charge in [0.1, 0.15) is 12.2 Å². The molecule has 1 aromatic heterocycles. The summed E-state index contributed by atoms with van der Waals surface area (Å²) in [6, 6.07) is 19.5. The van der Waals surface area contributed by atoms with Crippen molar-refractivity contribution in [3.63, 3.8) is 0 Å². The van der Waals surface area contributed by atoms with E-state index in [1.807, 2.05) is 60.7 Å².